The van der Waals surface area contributed by atoms with E-state index in [0.29, 0.717) is 18.9 Å². The third-order valence-corrected chi connectivity index (χ3v) is 3.82. The molecular weight excluding hydrogens is 330 g/mol. The number of allylic oxidation sites excluding steroid dienone is 2. The maximum atomic E-state index is 12.5. The second-order valence-corrected chi connectivity index (χ2v) is 5.44. The number of nitrogens with one attached hydrogen (secondary N) is 2. The van der Waals surface area contributed by atoms with Gasteiger partial charge in [0, 0.05) is 19.6 Å². The van der Waals surface area contributed by atoms with Crippen molar-refractivity contribution in [2.75, 3.05) is 32.1 Å². The molecule has 1 amide bonds. The number of methoxy groups -OCH3 is 1. The molecule has 0 saturated carbocycles. The highest BCUT2D eigenvalue weighted by molar-refractivity contribution is 6.31. The fourth-order valence-corrected chi connectivity index (χ4v) is 2.54. The predicted octanol–water partition coefficient (Wildman–Crippen LogP) is 2.07. The first kappa shape index (κ1) is 18.1. The third kappa shape index (κ3) is 4.17. The molecule has 1 atom stereocenters. The summed E-state index contributed by atoms with van der Waals surface area (Å²) in [5, 5.41) is 5.97. The van der Waals surface area contributed by atoms with Crippen LogP contribution in [0.25, 0.3) is 0 Å². The van der Waals surface area contributed by atoms with Crippen LogP contribution in [0.2, 0.25) is 5.15 Å². The molecule has 0 bridgehead atoms. The van der Waals surface area contributed by atoms with E-state index in [1.54, 1.807) is 0 Å². The van der Waals surface area contributed by atoms with Gasteiger partial charge in [0.05, 0.1) is 13.2 Å². The maximum absolute atomic E-state index is 12.5. The summed E-state index contributed by atoms with van der Waals surface area (Å²) in [5.41, 5.74) is 0.0718. The summed E-state index contributed by atoms with van der Waals surface area (Å²) in [6.45, 7) is 5.92. The van der Waals surface area contributed by atoms with Crippen LogP contribution in [-0.4, -0.2) is 53.6 Å². The first-order valence-corrected chi connectivity index (χ1v) is 8.22. The topological polar surface area (TPSA) is 79.4 Å². The number of carbonyl (C=O) groups is 1. The van der Waals surface area contributed by atoms with Crippen LogP contribution in [0.3, 0.4) is 0 Å². The SMILES string of the molecule is CCNc1nc(OC)c(C(=O)NCC2C=CC=CN2CC)nc1Cl. The molecule has 0 aliphatic carbocycles. The van der Waals surface area contributed by atoms with Crippen molar-refractivity contribution in [1.82, 2.24) is 20.2 Å². The van der Waals surface area contributed by atoms with Crippen molar-refractivity contribution in [3.05, 3.63) is 35.3 Å². The van der Waals surface area contributed by atoms with Gasteiger partial charge in [0.15, 0.2) is 16.7 Å². The number of halogens is 1. The van der Waals surface area contributed by atoms with Crippen LogP contribution in [0.15, 0.2) is 24.4 Å². The molecule has 1 aliphatic heterocycles. The lowest BCUT2D eigenvalue weighted by atomic mass is 10.2. The summed E-state index contributed by atoms with van der Waals surface area (Å²) in [6.07, 6.45) is 7.97. The Kier molecular flexibility index (Phi) is 6.43. The molecule has 1 aliphatic rings. The summed E-state index contributed by atoms with van der Waals surface area (Å²) < 4.78 is 5.17. The van der Waals surface area contributed by atoms with E-state index in [0.717, 1.165) is 6.54 Å². The van der Waals surface area contributed by atoms with Gasteiger partial charge >= 0.3 is 0 Å². The van der Waals surface area contributed by atoms with Crippen molar-refractivity contribution in [3.8, 4) is 5.88 Å². The minimum absolute atomic E-state index is 0.0718. The zero-order valence-electron chi connectivity index (χ0n) is 14.0. The maximum Gasteiger partial charge on any atom is 0.275 e. The van der Waals surface area contributed by atoms with Crippen LogP contribution in [-0.2, 0) is 0 Å². The van der Waals surface area contributed by atoms with Crippen LogP contribution in [0, 0.1) is 0 Å². The Hall–Kier alpha value is -2.28. The largest absolute Gasteiger partial charge is 0.479 e. The smallest absolute Gasteiger partial charge is 0.275 e. The Morgan fingerprint density at radius 3 is 2.83 bits per heavy atom. The molecule has 0 saturated heterocycles. The summed E-state index contributed by atoms with van der Waals surface area (Å²) in [6, 6.07) is 0.0967. The average Bonchev–Trinajstić information content (AvgIpc) is 2.61. The first-order chi connectivity index (χ1) is 11.6. The van der Waals surface area contributed by atoms with Crippen molar-refractivity contribution in [3.63, 3.8) is 0 Å². The molecule has 130 valence electrons. The van der Waals surface area contributed by atoms with E-state index >= 15 is 0 Å². The molecule has 0 radical (unpaired) electrons. The number of rotatable bonds is 7. The Morgan fingerprint density at radius 1 is 1.38 bits per heavy atom. The second kappa shape index (κ2) is 8.54. The lowest BCUT2D eigenvalue weighted by molar-refractivity contribution is 0.0936. The number of anilines is 1. The minimum Gasteiger partial charge on any atom is -0.479 e. The molecule has 2 heterocycles. The Balaban J connectivity index is 2.10. The summed E-state index contributed by atoms with van der Waals surface area (Å²) >= 11 is 6.08. The number of nitrogens with zero attached hydrogens (tertiary/aromatic N) is 3. The highest BCUT2D eigenvalue weighted by atomic mass is 35.5. The third-order valence-electron chi connectivity index (χ3n) is 3.56. The summed E-state index contributed by atoms with van der Waals surface area (Å²) in [5.74, 6) is 0.160. The molecule has 1 aromatic heterocycles. The van der Waals surface area contributed by atoms with Gasteiger partial charge in [0.25, 0.3) is 5.91 Å². The van der Waals surface area contributed by atoms with E-state index in [1.165, 1.54) is 7.11 Å². The van der Waals surface area contributed by atoms with Crippen molar-refractivity contribution < 1.29 is 9.53 Å². The number of likely N-dealkylation sites (N-methyl/N-ethyl adjacent to an activating group) is 1. The molecule has 1 aromatic rings. The van der Waals surface area contributed by atoms with Gasteiger partial charge < -0.3 is 20.3 Å². The lowest BCUT2D eigenvalue weighted by Gasteiger charge is -2.29. The van der Waals surface area contributed by atoms with Gasteiger partial charge in [0.1, 0.15) is 0 Å². The quantitative estimate of drug-likeness (QED) is 0.783. The zero-order chi connectivity index (χ0) is 17.5. The molecule has 0 fully saturated rings. The van der Waals surface area contributed by atoms with Gasteiger partial charge in [-0.15, -0.1) is 0 Å². The monoisotopic (exact) mass is 351 g/mol. The Morgan fingerprint density at radius 2 is 2.17 bits per heavy atom. The number of carbonyl (C=O) groups excluding carboxylic acids is 1. The van der Waals surface area contributed by atoms with Crippen molar-refractivity contribution in [2.45, 2.75) is 19.9 Å². The lowest BCUT2D eigenvalue weighted by Crippen LogP contribution is -2.41. The van der Waals surface area contributed by atoms with E-state index in [2.05, 4.69) is 32.4 Å². The molecule has 0 spiro atoms. The fourth-order valence-electron chi connectivity index (χ4n) is 2.35. The molecule has 1 unspecified atom stereocenters. The minimum atomic E-state index is -0.372. The molecule has 2 N–H and O–H groups in total. The van der Waals surface area contributed by atoms with Gasteiger partial charge in [-0.2, -0.15) is 4.98 Å². The first-order valence-electron chi connectivity index (χ1n) is 7.85. The number of aromatic nitrogens is 2. The summed E-state index contributed by atoms with van der Waals surface area (Å²) in [4.78, 5) is 22.9. The highest BCUT2D eigenvalue weighted by Crippen LogP contribution is 2.23. The molecule has 24 heavy (non-hydrogen) atoms. The second-order valence-electron chi connectivity index (χ2n) is 5.09. The van der Waals surface area contributed by atoms with Crippen LogP contribution >= 0.6 is 11.6 Å². The van der Waals surface area contributed by atoms with Gasteiger partial charge in [0.2, 0.25) is 5.88 Å². The normalized spacial score (nSPS) is 16.2. The number of hydrogen-bond donors (Lipinski definition) is 2. The molecule has 0 aromatic carbocycles. The van der Waals surface area contributed by atoms with Gasteiger partial charge in [-0.1, -0.05) is 23.8 Å². The van der Waals surface area contributed by atoms with E-state index in [9.17, 15) is 4.79 Å². The van der Waals surface area contributed by atoms with Crippen molar-refractivity contribution >= 4 is 23.3 Å². The summed E-state index contributed by atoms with van der Waals surface area (Å²) in [7, 11) is 1.44. The van der Waals surface area contributed by atoms with E-state index < -0.39 is 0 Å². The van der Waals surface area contributed by atoms with E-state index in [-0.39, 0.29) is 28.7 Å². The number of hydrogen-bond acceptors (Lipinski definition) is 6. The number of amides is 1. The van der Waals surface area contributed by atoms with Crippen LogP contribution in [0.4, 0.5) is 5.82 Å². The molecule has 8 heteroatoms. The Labute approximate surface area is 146 Å². The predicted molar refractivity (Wildman–Crippen MR) is 94.5 cm³/mol. The highest BCUT2D eigenvalue weighted by Gasteiger charge is 2.21. The van der Waals surface area contributed by atoms with Crippen LogP contribution in [0.5, 0.6) is 5.88 Å². The van der Waals surface area contributed by atoms with Gasteiger partial charge in [-0.05, 0) is 26.1 Å². The molecular formula is C16H22ClN5O2. The van der Waals surface area contributed by atoms with Gasteiger partial charge in [-0.25, -0.2) is 4.98 Å². The van der Waals surface area contributed by atoms with Crippen molar-refractivity contribution in [2.24, 2.45) is 0 Å². The van der Waals surface area contributed by atoms with Crippen LogP contribution in [0.1, 0.15) is 24.3 Å². The molecule has 7 nitrogen and oxygen atoms in total. The molecule has 2 rings (SSSR count). The van der Waals surface area contributed by atoms with E-state index in [1.807, 2.05) is 31.4 Å². The van der Waals surface area contributed by atoms with E-state index in [4.69, 9.17) is 16.3 Å². The standard InChI is InChI=1S/C16H22ClN5O2/c1-4-18-14-13(17)20-12(16(21-14)24-3)15(23)19-10-11-8-6-7-9-22(11)5-2/h6-9,11H,4-5,10H2,1-3H3,(H,18,21)(H,19,23). The number of ether oxygens (including phenoxy) is 1. The average molecular weight is 352 g/mol. The fraction of sp³-hybridized carbons (Fsp3) is 0.438. The zero-order valence-corrected chi connectivity index (χ0v) is 14.8. The Bertz CT molecular complexity index is 648. The van der Waals surface area contributed by atoms with Crippen LogP contribution < -0.4 is 15.4 Å². The van der Waals surface area contributed by atoms with Crippen molar-refractivity contribution in [1.29, 1.82) is 0 Å². The van der Waals surface area contributed by atoms with Gasteiger partial charge in [-0.3, -0.25) is 4.79 Å².